The Balaban J connectivity index is 1.77. The number of fused-ring (bicyclic) bond motifs is 1. The van der Waals surface area contributed by atoms with Gasteiger partial charge < -0.3 is 10.1 Å². The van der Waals surface area contributed by atoms with Gasteiger partial charge in [0, 0.05) is 12.2 Å². The van der Waals surface area contributed by atoms with Crippen molar-refractivity contribution >= 4 is 5.69 Å². The maximum absolute atomic E-state index is 6.27. The summed E-state index contributed by atoms with van der Waals surface area (Å²) in [6.45, 7) is 5.68. The van der Waals surface area contributed by atoms with E-state index in [0.717, 1.165) is 18.2 Å². The maximum Gasteiger partial charge on any atom is 0.120 e. The van der Waals surface area contributed by atoms with Crippen molar-refractivity contribution in [3.05, 3.63) is 23.8 Å². The Morgan fingerprint density at radius 2 is 2.28 bits per heavy atom. The quantitative estimate of drug-likeness (QED) is 0.850. The van der Waals surface area contributed by atoms with Crippen LogP contribution in [0.5, 0.6) is 5.75 Å². The Morgan fingerprint density at radius 1 is 1.39 bits per heavy atom. The first-order chi connectivity index (χ1) is 8.65. The van der Waals surface area contributed by atoms with E-state index >= 15 is 0 Å². The molecular formula is C16H23NO. The maximum atomic E-state index is 6.27. The second-order valence-electron chi connectivity index (χ2n) is 6.25. The van der Waals surface area contributed by atoms with Crippen LogP contribution in [-0.2, 0) is 6.42 Å². The lowest BCUT2D eigenvalue weighted by molar-refractivity contribution is 0.0928. The second-order valence-corrected chi connectivity index (χ2v) is 6.25. The van der Waals surface area contributed by atoms with E-state index in [1.54, 1.807) is 0 Å². The van der Waals surface area contributed by atoms with Gasteiger partial charge in [-0.15, -0.1) is 0 Å². The van der Waals surface area contributed by atoms with Crippen LogP contribution in [0, 0.1) is 5.92 Å². The highest BCUT2D eigenvalue weighted by Crippen LogP contribution is 2.38. The summed E-state index contributed by atoms with van der Waals surface area (Å²) >= 11 is 0. The fourth-order valence-electron chi connectivity index (χ4n) is 3.38. The molecule has 1 aliphatic heterocycles. The first-order valence-corrected chi connectivity index (χ1v) is 7.20. The summed E-state index contributed by atoms with van der Waals surface area (Å²) in [6, 6.07) is 6.52. The number of aryl methyl sites for hydroxylation is 1. The van der Waals surface area contributed by atoms with Crippen molar-refractivity contribution in [2.24, 2.45) is 5.92 Å². The minimum atomic E-state index is 0.0513. The number of anilines is 1. The number of ether oxygens (including phenoxy) is 1. The van der Waals surface area contributed by atoms with Crippen molar-refractivity contribution in [2.45, 2.75) is 51.6 Å². The van der Waals surface area contributed by atoms with Crippen molar-refractivity contribution in [3.8, 4) is 5.75 Å². The lowest BCUT2D eigenvalue weighted by Crippen LogP contribution is -2.28. The summed E-state index contributed by atoms with van der Waals surface area (Å²) < 4.78 is 6.27. The molecule has 98 valence electrons. The van der Waals surface area contributed by atoms with Crippen molar-refractivity contribution in [1.29, 1.82) is 0 Å². The molecule has 0 amide bonds. The number of nitrogens with one attached hydrogen (secondary N) is 1. The molecule has 1 saturated carbocycles. The van der Waals surface area contributed by atoms with Crippen molar-refractivity contribution in [2.75, 3.05) is 11.9 Å². The zero-order chi connectivity index (χ0) is 12.6. The van der Waals surface area contributed by atoms with Gasteiger partial charge in [0.2, 0.25) is 0 Å². The van der Waals surface area contributed by atoms with Crippen molar-refractivity contribution in [1.82, 2.24) is 0 Å². The van der Waals surface area contributed by atoms with Gasteiger partial charge in [-0.25, -0.2) is 0 Å². The van der Waals surface area contributed by atoms with Crippen LogP contribution in [-0.4, -0.2) is 12.1 Å². The lowest BCUT2D eigenvalue weighted by atomic mass is 10.0. The Hall–Kier alpha value is -1.18. The van der Waals surface area contributed by atoms with Crippen LogP contribution in [0.3, 0.4) is 0 Å². The molecule has 2 aliphatic rings. The van der Waals surface area contributed by atoms with Crippen LogP contribution in [0.4, 0.5) is 5.69 Å². The van der Waals surface area contributed by atoms with Gasteiger partial charge in [0.1, 0.15) is 11.4 Å². The van der Waals surface area contributed by atoms with Crippen LogP contribution in [0.2, 0.25) is 0 Å². The molecule has 1 fully saturated rings. The van der Waals surface area contributed by atoms with Gasteiger partial charge >= 0.3 is 0 Å². The minimum absolute atomic E-state index is 0.0513. The van der Waals surface area contributed by atoms with E-state index in [4.69, 9.17) is 4.74 Å². The zero-order valence-electron chi connectivity index (χ0n) is 11.5. The monoisotopic (exact) mass is 245 g/mol. The highest BCUT2D eigenvalue weighted by atomic mass is 16.5. The van der Waals surface area contributed by atoms with E-state index < -0.39 is 0 Å². The number of hydrogen-bond donors (Lipinski definition) is 1. The van der Waals surface area contributed by atoms with E-state index in [1.807, 2.05) is 0 Å². The predicted molar refractivity (Wildman–Crippen MR) is 75.3 cm³/mol. The SMILES string of the molecule is CC1CCC(C)(Oc2ccc3c(c2)CCCN3)C1. The summed E-state index contributed by atoms with van der Waals surface area (Å²) in [5.41, 5.74) is 2.75. The van der Waals surface area contributed by atoms with Gasteiger partial charge in [-0.2, -0.15) is 0 Å². The molecule has 1 aromatic rings. The average molecular weight is 245 g/mol. The standard InChI is InChI=1S/C16H23NO/c1-12-7-8-16(2,11-12)18-14-5-6-15-13(10-14)4-3-9-17-15/h5-6,10,12,17H,3-4,7-9,11H2,1-2H3. The summed E-state index contributed by atoms with van der Waals surface area (Å²) in [5.74, 6) is 1.85. The van der Waals surface area contributed by atoms with E-state index in [2.05, 4.69) is 37.4 Å². The molecule has 0 bridgehead atoms. The highest BCUT2D eigenvalue weighted by Gasteiger charge is 2.35. The summed E-state index contributed by atoms with van der Waals surface area (Å²) in [6.07, 6.45) is 6.06. The third kappa shape index (κ3) is 2.33. The molecular weight excluding hydrogens is 222 g/mol. The van der Waals surface area contributed by atoms with E-state index in [9.17, 15) is 0 Å². The molecule has 2 atom stereocenters. The normalized spacial score (nSPS) is 30.7. The summed E-state index contributed by atoms with van der Waals surface area (Å²) in [4.78, 5) is 0. The largest absolute Gasteiger partial charge is 0.488 e. The fourth-order valence-corrected chi connectivity index (χ4v) is 3.38. The van der Waals surface area contributed by atoms with Crippen LogP contribution < -0.4 is 10.1 Å². The van der Waals surface area contributed by atoms with E-state index in [1.165, 1.54) is 43.4 Å². The number of hydrogen-bond acceptors (Lipinski definition) is 2. The van der Waals surface area contributed by atoms with Gasteiger partial charge in [-0.05, 0) is 68.7 Å². The van der Waals surface area contributed by atoms with Gasteiger partial charge in [-0.1, -0.05) is 6.92 Å². The Labute approximate surface area is 110 Å². The lowest BCUT2D eigenvalue weighted by Gasteiger charge is -2.27. The summed E-state index contributed by atoms with van der Waals surface area (Å²) in [5, 5.41) is 3.44. The molecule has 2 unspecified atom stereocenters. The van der Waals surface area contributed by atoms with Gasteiger partial charge in [0.25, 0.3) is 0 Å². The zero-order valence-corrected chi connectivity index (χ0v) is 11.5. The third-order valence-electron chi connectivity index (χ3n) is 4.33. The minimum Gasteiger partial charge on any atom is -0.488 e. The second kappa shape index (κ2) is 4.49. The third-order valence-corrected chi connectivity index (χ3v) is 4.33. The number of rotatable bonds is 2. The molecule has 3 rings (SSSR count). The van der Waals surface area contributed by atoms with Crippen molar-refractivity contribution < 1.29 is 4.74 Å². The van der Waals surface area contributed by atoms with Crippen molar-refractivity contribution in [3.63, 3.8) is 0 Å². The Morgan fingerprint density at radius 3 is 3.06 bits per heavy atom. The topological polar surface area (TPSA) is 21.3 Å². The summed E-state index contributed by atoms with van der Waals surface area (Å²) in [7, 11) is 0. The van der Waals surface area contributed by atoms with Gasteiger partial charge in [-0.3, -0.25) is 0 Å². The fraction of sp³-hybridized carbons (Fsp3) is 0.625. The first kappa shape index (κ1) is 11.9. The Bertz CT molecular complexity index is 443. The molecule has 1 N–H and O–H groups in total. The molecule has 0 aromatic heterocycles. The molecule has 0 radical (unpaired) electrons. The van der Waals surface area contributed by atoms with E-state index in [0.29, 0.717) is 0 Å². The molecule has 0 spiro atoms. The van der Waals surface area contributed by atoms with Gasteiger partial charge in [0.05, 0.1) is 0 Å². The number of benzene rings is 1. The van der Waals surface area contributed by atoms with Gasteiger partial charge in [0.15, 0.2) is 0 Å². The van der Waals surface area contributed by atoms with E-state index in [-0.39, 0.29) is 5.60 Å². The highest BCUT2D eigenvalue weighted by molar-refractivity contribution is 5.55. The molecule has 2 nitrogen and oxygen atoms in total. The van der Waals surface area contributed by atoms with Crippen LogP contribution in [0.25, 0.3) is 0 Å². The van der Waals surface area contributed by atoms with Crippen LogP contribution >= 0.6 is 0 Å². The molecule has 1 aliphatic carbocycles. The Kier molecular flexibility index (Phi) is 2.96. The molecule has 1 heterocycles. The van der Waals surface area contributed by atoms with Crippen LogP contribution in [0.15, 0.2) is 18.2 Å². The molecule has 18 heavy (non-hydrogen) atoms. The average Bonchev–Trinajstić information content (AvgIpc) is 2.69. The first-order valence-electron chi connectivity index (χ1n) is 7.20. The molecule has 1 aromatic carbocycles. The smallest absolute Gasteiger partial charge is 0.120 e. The molecule has 0 saturated heterocycles. The molecule has 2 heteroatoms. The van der Waals surface area contributed by atoms with Crippen LogP contribution in [0.1, 0.15) is 45.1 Å². The predicted octanol–water partition coefficient (Wildman–Crippen LogP) is 4.00.